The Labute approximate surface area is 167 Å². The van der Waals surface area contributed by atoms with E-state index in [1.807, 2.05) is 0 Å². The van der Waals surface area contributed by atoms with Crippen molar-refractivity contribution in [3.05, 3.63) is 70.9 Å². The van der Waals surface area contributed by atoms with Gasteiger partial charge in [-0.05, 0) is 48.9 Å². The van der Waals surface area contributed by atoms with Crippen molar-refractivity contribution in [2.75, 3.05) is 19.5 Å². The minimum Gasteiger partial charge on any atom is -0.497 e. The lowest BCUT2D eigenvalue weighted by molar-refractivity contribution is -0.113. The highest BCUT2D eigenvalue weighted by Gasteiger charge is 2.31. The third-order valence-corrected chi connectivity index (χ3v) is 4.53. The molecule has 0 aromatic heterocycles. The molecule has 0 radical (unpaired) electrons. The van der Waals surface area contributed by atoms with Crippen LogP contribution in [-0.4, -0.2) is 32.1 Å². The molecule has 3 amide bonds. The summed E-state index contributed by atoms with van der Waals surface area (Å²) in [6.07, 6.45) is 0. The molecule has 3 rings (SSSR count). The van der Waals surface area contributed by atoms with Crippen molar-refractivity contribution < 1.29 is 23.9 Å². The lowest BCUT2D eigenvalue weighted by atomic mass is 9.94. The molecule has 2 aromatic rings. The summed E-state index contributed by atoms with van der Waals surface area (Å²) >= 11 is 0. The topological polar surface area (TPSA) is 106 Å². The Morgan fingerprint density at radius 1 is 1.00 bits per heavy atom. The fourth-order valence-electron chi connectivity index (χ4n) is 3.05. The lowest BCUT2D eigenvalue weighted by Crippen LogP contribution is -2.45. The van der Waals surface area contributed by atoms with Gasteiger partial charge in [-0.25, -0.2) is 9.59 Å². The van der Waals surface area contributed by atoms with Gasteiger partial charge in [0, 0.05) is 11.4 Å². The largest absolute Gasteiger partial charge is 0.497 e. The number of ether oxygens (including phenoxy) is 2. The second-order valence-corrected chi connectivity index (χ2v) is 6.37. The summed E-state index contributed by atoms with van der Waals surface area (Å²) in [6, 6.07) is 12.4. The number of urea groups is 1. The number of allylic oxidation sites excluding steroid dienone is 1. The van der Waals surface area contributed by atoms with E-state index >= 15 is 0 Å². The molecule has 0 bridgehead atoms. The number of carbonyl (C=O) groups excluding carboxylic acids is 3. The first kappa shape index (κ1) is 19.9. The zero-order chi connectivity index (χ0) is 21.0. The van der Waals surface area contributed by atoms with Gasteiger partial charge in [0.15, 0.2) is 0 Å². The molecular weight excluding hydrogens is 374 g/mol. The first-order chi connectivity index (χ1) is 13.9. The van der Waals surface area contributed by atoms with Crippen LogP contribution in [0.2, 0.25) is 0 Å². The quantitative estimate of drug-likeness (QED) is 0.675. The van der Waals surface area contributed by atoms with Crippen molar-refractivity contribution in [2.24, 2.45) is 0 Å². The molecule has 1 aliphatic rings. The molecule has 150 valence electrons. The van der Waals surface area contributed by atoms with Gasteiger partial charge in [0.2, 0.25) is 0 Å². The average molecular weight is 395 g/mol. The van der Waals surface area contributed by atoms with Gasteiger partial charge in [-0.1, -0.05) is 12.1 Å². The summed E-state index contributed by atoms with van der Waals surface area (Å²) in [5.74, 6) is -0.147. The Morgan fingerprint density at radius 2 is 1.66 bits per heavy atom. The minimum absolute atomic E-state index is 0.359. The van der Waals surface area contributed by atoms with E-state index in [4.69, 9.17) is 9.47 Å². The Hall–Kier alpha value is -3.81. The highest BCUT2D eigenvalue weighted by atomic mass is 16.5. The Morgan fingerprint density at radius 3 is 2.24 bits per heavy atom. The number of carbonyl (C=O) groups is 3. The van der Waals surface area contributed by atoms with E-state index in [0.717, 1.165) is 0 Å². The van der Waals surface area contributed by atoms with Gasteiger partial charge in [0.05, 0.1) is 31.4 Å². The lowest BCUT2D eigenvalue weighted by Gasteiger charge is -2.28. The molecule has 0 saturated carbocycles. The van der Waals surface area contributed by atoms with Crippen molar-refractivity contribution in [1.29, 1.82) is 0 Å². The highest BCUT2D eigenvalue weighted by molar-refractivity contribution is 6.06. The van der Waals surface area contributed by atoms with Crippen LogP contribution < -0.4 is 20.7 Å². The zero-order valence-corrected chi connectivity index (χ0v) is 16.2. The van der Waals surface area contributed by atoms with Crippen LogP contribution in [0, 0.1) is 0 Å². The summed E-state index contributed by atoms with van der Waals surface area (Å²) in [6.45, 7) is 1.66. The van der Waals surface area contributed by atoms with Gasteiger partial charge < -0.3 is 25.4 Å². The third-order valence-electron chi connectivity index (χ3n) is 4.53. The van der Waals surface area contributed by atoms with Crippen LogP contribution in [0.5, 0.6) is 5.75 Å². The van der Waals surface area contributed by atoms with Gasteiger partial charge in [-0.3, -0.25) is 4.79 Å². The van der Waals surface area contributed by atoms with Crippen molar-refractivity contribution >= 4 is 23.6 Å². The average Bonchev–Trinajstić information content (AvgIpc) is 2.73. The number of benzene rings is 2. The Bertz CT molecular complexity index is 965. The fourth-order valence-corrected chi connectivity index (χ4v) is 3.05. The van der Waals surface area contributed by atoms with Gasteiger partial charge in [0.1, 0.15) is 5.75 Å². The van der Waals surface area contributed by atoms with Crippen molar-refractivity contribution in [1.82, 2.24) is 10.6 Å². The van der Waals surface area contributed by atoms with Crippen LogP contribution >= 0.6 is 0 Å². The normalized spacial score (nSPS) is 15.8. The number of nitrogens with one attached hydrogen (secondary N) is 3. The van der Waals surface area contributed by atoms with E-state index in [9.17, 15) is 14.4 Å². The SMILES string of the molecule is COC(=O)c1ccc([C@H]2NC(=O)NC(C)=C2C(=O)Nc2ccc(OC)cc2)cc1. The summed E-state index contributed by atoms with van der Waals surface area (Å²) in [5.41, 5.74) is 2.44. The maximum absolute atomic E-state index is 13.0. The second kappa shape index (κ2) is 8.47. The molecule has 0 saturated heterocycles. The molecule has 0 unspecified atom stereocenters. The minimum atomic E-state index is -0.673. The number of methoxy groups -OCH3 is 2. The molecule has 3 N–H and O–H groups in total. The van der Waals surface area contributed by atoms with E-state index < -0.39 is 18.0 Å². The van der Waals surface area contributed by atoms with Crippen LogP contribution in [0.15, 0.2) is 59.8 Å². The maximum atomic E-state index is 13.0. The molecule has 1 atom stereocenters. The van der Waals surface area contributed by atoms with Crippen molar-refractivity contribution in [3.63, 3.8) is 0 Å². The molecule has 1 aliphatic heterocycles. The molecule has 0 fully saturated rings. The van der Waals surface area contributed by atoms with E-state index in [0.29, 0.717) is 33.8 Å². The summed E-state index contributed by atoms with van der Waals surface area (Å²) in [7, 11) is 2.87. The molecular formula is C21H21N3O5. The predicted octanol–water partition coefficient (Wildman–Crippen LogP) is 2.75. The van der Waals surface area contributed by atoms with E-state index in [1.54, 1.807) is 62.6 Å². The van der Waals surface area contributed by atoms with Crippen LogP contribution in [-0.2, 0) is 9.53 Å². The predicted molar refractivity (Wildman–Crippen MR) is 107 cm³/mol. The summed E-state index contributed by atoms with van der Waals surface area (Å²) in [5, 5.41) is 8.21. The Kier molecular flexibility index (Phi) is 5.82. The number of esters is 1. The van der Waals surface area contributed by atoms with E-state index in [2.05, 4.69) is 16.0 Å². The molecule has 0 aliphatic carbocycles. The molecule has 1 heterocycles. The first-order valence-electron chi connectivity index (χ1n) is 8.85. The number of amides is 3. The van der Waals surface area contributed by atoms with Gasteiger partial charge in [0.25, 0.3) is 5.91 Å². The monoisotopic (exact) mass is 395 g/mol. The van der Waals surface area contributed by atoms with E-state index in [-0.39, 0.29) is 5.91 Å². The van der Waals surface area contributed by atoms with Crippen molar-refractivity contribution in [3.8, 4) is 5.75 Å². The fraction of sp³-hybridized carbons (Fsp3) is 0.190. The Balaban J connectivity index is 1.88. The number of hydrogen-bond acceptors (Lipinski definition) is 5. The van der Waals surface area contributed by atoms with Crippen LogP contribution in [0.1, 0.15) is 28.9 Å². The third kappa shape index (κ3) is 4.37. The van der Waals surface area contributed by atoms with Crippen LogP contribution in [0.25, 0.3) is 0 Å². The van der Waals surface area contributed by atoms with Gasteiger partial charge >= 0.3 is 12.0 Å². The molecule has 2 aromatic carbocycles. The number of rotatable bonds is 5. The maximum Gasteiger partial charge on any atom is 0.337 e. The molecule has 29 heavy (non-hydrogen) atoms. The zero-order valence-electron chi connectivity index (χ0n) is 16.2. The number of anilines is 1. The first-order valence-corrected chi connectivity index (χ1v) is 8.85. The van der Waals surface area contributed by atoms with Crippen LogP contribution in [0.4, 0.5) is 10.5 Å². The summed E-state index contributed by atoms with van der Waals surface area (Å²) in [4.78, 5) is 36.6. The second-order valence-electron chi connectivity index (χ2n) is 6.37. The smallest absolute Gasteiger partial charge is 0.337 e. The molecule has 8 nitrogen and oxygen atoms in total. The van der Waals surface area contributed by atoms with Crippen molar-refractivity contribution in [2.45, 2.75) is 13.0 Å². The van der Waals surface area contributed by atoms with Gasteiger partial charge in [-0.15, -0.1) is 0 Å². The van der Waals surface area contributed by atoms with E-state index in [1.165, 1.54) is 7.11 Å². The van der Waals surface area contributed by atoms with Crippen LogP contribution in [0.3, 0.4) is 0 Å². The molecule has 8 heteroatoms. The highest BCUT2D eigenvalue weighted by Crippen LogP contribution is 2.28. The number of hydrogen-bond donors (Lipinski definition) is 3. The van der Waals surface area contributed by atoms with Gasteiger partial charge in [-0.2, -0.15) is 0 Å². The standard InChI is InChI=1S/C21H21N3O5/c1-12-17(19(25)23-15-8-10-16(28-2)11-9-15)18(24-21(27)22-12)13-4-6-14(7-5-13)20(26)29-3/h4-11,18H,1-3H3,(H,23,25)(H2,22,24,27)/t18-/m1/s1. The molecule has 0 spiro atoms. The summed E-state index contributed by atoms with van der Waals surface area (Å²) < 4.78 is 9.81.